The van der Waals surface area contributed by atoms with Gasteiger partial charge in [-0.1, -0.05) is 13.8 Å². The van der Waals surface area contributed by atoms with Crippen molar-refractivity contribution in [3.05, 3.63) is 0 Å². The van der Waals surface area contributed by atoms with Gasteiger partial charge in [0.25, 0.3) is 0 Å². The van der Waals surface area contributed by atoms with Gasteiger partial charge in [0, 0.05) is 6.42 Å². The number of fused-ring (bicyclic) bond motifs is 2. The van der Waals surface area contributed by atoms with Crippen LogP contribution in [-0.2, 0) is 19.1 Å². The van der Waals surface area contributed by atoms with E-state index in [0.29, 0.717) is 6.42 Å². The molecule has 2 fully saturated rings. The highest BCUT2D eigenvalue weighted by atomic mass is 16.6. The van der Waals surface area contributed by atoms with Gasteiger partial charge in [0.15, 0.2) is 0 Å². The molecule has 0 radical (unpaired) electrons. The minimum atomic E-state index is -0.543. The van der Waals surface area contributed by atoms with Crippen molar-refractivity contribution in [2.24, 2.45) is 16.2 Å². The Hall–Kier alpha value is -1.06. The Labute approximate surface area is 133 Å². The third kappa shape index (κ3) is 3.31. The van der Waals surface area contributed by atoms with E-state index < -0.39 is 10.8 Å². The van der Waals surface area contributed by atoms with Crippen LogP contribution in [0.3, 0.4) is 0 Å². The molecule has 1 saturated carbocycles. The van der Waals surface area contributed by atoms with Crippen LogP contribution in [0.4, 0.5) is 0 Å². The average molecular weight is 310 g/mol. The molecule has 0 aromatic heterocycles. The maximum Gasteiger partial charge on any atom is 0.312 e. The third-order valence-electron chi connectivity index (χ3n) is 5.51. The van der Waals surface area contributed by atoms with Gasteiger partial charge in [-0.15, -0.1) is 0 Å². The number of carbonyl (C=O) groups is 2. The minimum absolute atomic E-state index is 0.0140. The highest BCUT2D eigenvalue weighted by Crippen LogP contribution is 2.52. The topological polar surface area (TPSA) is 52.6 Å². The Morgan fingerprint density at radius 1 is 1.32 bits per heavy atom. The van der Waals surface area contributed by atoms with Crippen LogP contribution >= 0.6 is 0 Å². The summed E-state index contributed by atoms with van der Waals surface area (Å²) in [6.45, 7) is 11.9. The van der Waals surface area contributed by atoms with Crippen molar-refractivity contribution in [1.29, 1.82) is 0 Å². The normalized spacial score (nSPS) is 38.9. The van der Waals surface area contributed by atoms with E-state index in [9.17, 15) is 9.59 Å². The van der Waals surface area contributed by atoms with Crippen molar-refractivity contribution in [3.63, 3.8) is 0 Å². The van der Waals surface area contributed by atoms with Crippen molar-refractivity contribution < 1.29 is 19.1 Å². The summed E-state index contributed by atoms with van der Waals surface area (Å²) in [7, 11) is 0. The Morgan fingerprint density at radius 2 is 1.95 bits per heavy atom. The molecule has 3 unspecified atom stereocenters. The number of ether oxygens (including phenoxy) is 2. The van der Waals surface area contributed by atoms with Gasteiger partial charge in [0.1, 0.15) is 6.10 Å². The molecule has 126 valence electrons. The lowest BCUT2D eigenvalue weighted by Gasteiger charge is -2.44. The van der Waals surface area contributed by atoms with Gasteiger partial charge in [-0.2, -0.15) is 0 Å². The molecule has 2 rings (SSSR count). The van der Waals surface area contributed by atoms with Crippen molar-refractivity contribution >= 4 is 11.9 Å². The summed E-state index contributed by atoms with van der Waals surface area (Å²) in [5.41, 5.74) is -1.03. The first-order chi connectivity index (χ1) is 10.00. The SMILES string of the molecule is CCC(C)(C)C(=O)OC1CC2(C)C[C@H](C)OC(=O)C(C)(C1)C2. The van der Waals surface area contributed by atoms with Crippen molar-refractivity contribution in [1.82, 2.24) is 0 Å². The Bertz CT molecular complexity index is 470. The maximum atomic E-state index is 12.4. The van der Waals surface area contributed by atoms with E-state index >= 15 is 0 Å². The molecule has 2 aliphatic rings. The second kappa shape index (κ2) is 5.54. The van der Waals surface area contributed by atoms with E-state index in [0.717, 1.165) is 25.7 Å². The Morgan fingerprint density at radius 3 is 2.55 bits per heavy atom. The van der Waals surface area contributed by atoms with Gasteiger partial charge < -0.3 is 9.47 Å². The lowest BCUT2D eigenvalue weighted by atomic mass is 9.61. The fourth-order valence-corrected chi connectivity index (χ4v) is 4.12. The highest BCUT2D eigenvalue weighted by molar-refractivity contribution is 5.78. The van der Waals surface area contributed by atoms with Crippen LogP contribution in [0.15, 0.2) is 0 Å². The molecule has 0 amide bonds. The molecule has 1 saturated heterocycles. The average Bonchev–Trinajstić information content (AvgIpc) is 2.41. The monoisotopic (exact) mass is 310 g/mol. The van der Waals surface area contributed by atoms with E-state index in [1.54, 1.807) is 0 Å². The van der Waals surface area contributed by atoms with Crippen molar-refractivity contribution in [3.8, 4) is 0 Å². The molecule has 0 aromatic rings. The molecule has 2 bridgehead atoms. The van der Waals surface area contributed by atoms with Crippen LogP contribution in [0.5, 0.6) is 0 Å². The van der Waals surface area contributed by atoms with Crippen LogP contribution in [0.2, 0.25) is 0 Å². The second-order valence-electron chi connectivity index (χ2n) is 8.64. The molecular formula is C18H30O4. The summed E-state index contributed by atoms with van der Waals surface area (Å²) in [6, 6.07) is 0. The first-order valence-corrected chi connectivity index (χ1v) is 8.42. The Balaban J connectivity index is 2.20. The van der Waals surface area contributed by atoms with E-state index in [1.807, 2.05) is 34.6 Å². The lowest BCUT2D eigenvalue weighted by Crippen LogP contribution is -2.45. The number of hydrogen-bond acceptors (Lipinski definition) is 4. The fraction of sp³-hybridized carbons (Fsp3) is 0.889. The summed E-state index contributed by atoms with van der Waals surface area (Å²) in [5.74, 6) is -0.300. The van der Waals surface area contributed by atoms with E-state index in [2.05, 4.69) is 6.92 Å². The van der Waals surface area contributed by atoms with Crippen LogP contribution in [0, 0.1) is 16.2 Å². The molecule has 1 aliphatic heterocycles. The predicted molar refractivity (Wildman–Crippen MR) is 84.2 cm³/mol. The third-order valence-corrected chi connectivity index (χ3v) is 5.51. The number of hydrogen-bond donors (Lipinski definition) is 0. The zero-order valence-electron chi connectivity index (χ0n) is 14.8. The molecular weight excluding hydrogens is 280 g/mol. The fourth-order valence-electron chi connectivity index (χ4n) is 4.12. The summed E-state index contributed by atoms with van der Waals surface area (Å²) in [5, 5.41) is 0. The zero-order valence-corrected chi connectivity index (χ0v) is 14.8. The van der Waals surface area contributed by atoms with Crippen LogP contribution in [0.25, 0.3) is 0 Å². The summed E-state index contributed by atoms with van der Waals surface area (Å²) in [4.78, 5) is 24.8. The quantitative estimate of drug-likeness (QED) is 0.743. The van der Waals surface area contributed by atoms with Gasteiger partial charge in [-0.3, -0.25) is 9.59 Å². The first kappa shape index (κ1) is 17.3. The molecule has 1 heterocycles. The molecule has 4 atom stereocenters. The largest absolute Gasteiger partial charge is 0.462 e. The molecule has 22 heavy (non-hydrogen) atoms. The summed E-state index contributed by atoms with van der Waals surface area (Å²) in [6.07, 6.45) is 3.51. The molecule has 4 heteroatoms. The number of rotatable bonds is 3. The second-order valence-corrected chi connectivity index (χ2v) is 8.64. The van der Waals surface area contributed by atoms with Crippen LogP contribution < -0.4 is 0 Å². The van der Waals surface area contributed by atoms with Gasteiger partial charge >= 0.3 is 11.9 Å². The Kier molecular flexibility index (Phi) is 4.35. The molecule has 1 aliphatic carbocycles. The van der Waals surface area contributed by atoms with Gasteiger partial charge in [0.2, 0.25) is 0 Å². The van der Waals surface area contributed by atoms with E-state index in [4.69, 9.17) is 9.47 Å². The maximum absolute atomic E-state index is 12.4. The molecule has 0 N–H and O–H groups in total. The van der Waals surface area contributed by atoms with Gasteiger partial charge in [-0.05, 0) is 58.8 Å². The van der Waals surface area contributed by atoms with Gasteiger partial charge in [-0.25, -0.2) is 0 Å². The molecule has 0 spiro atoms. The predicted octanol–water partition coefficient (Wildman–Crippen LogP) is 3.87. The lowest BCUT2D eigenvalue weighted by molar-refractivity contribution is -0.172. The number of cyclic esters (lactones) is 1. The zero-order chi connectivity index (χ0) is 16.8. The molecule has 4 nitrogen and oxygen atoms in total. The van der Waals surface area contributed by atoms with Gasteiger partial charge in [0.05, 0.1) is 16.9 Å². The van der Waals surface area contributed by atoms with Crippen molar-refractivity contribution in [2.75, 3.05) is 0 Å². The summed E-state index contributed by atoms with van der Waals surface area (Å²) >= 11 is 0. The number of carbonyl (C=O) groups excluding carboxylic acids is 2. The molecule has 0 aromatic carbocycles. The van der Waals surface area contributed by atoms with Crippen LogP contribution in [0.1, 0.15) is 73.6 Å². The number of esters is 2. The standard InChI is InChI=1S/C18H30O4/c1-7-16(3,4)14(19)22-13-9-17(5)8-12(2)21-15(20)18(6,10-13)11-17/h12-13H,7-11H2,1-6H3/t12-,13?,17?,18?/m0/s1. The van der Waals surface area contributed by atoms with Crippen molar-refractivity contribution in [2.45, 2.75) is 85.9 Å². The van der Waals surface area contributed by atoms with Crippen LogP contribution in [-0.4, -0.2) is 24.1 Å². The smallest absolute Gasteiger partial charge is 0.312 e. The first-order valence-electron chi connectivity index (χ1n) is 8.42. The highest BCUT2D eigenvalue weighted by Gasteiger charge is 2.53. The van der Waals surface area contributed by atoms with E-state index in [1.165, 1.54) is 0 Å². The van der Waals surface area contributed by atoms with E-state index in [-0.39, 0.29) is 29.6 Å². The minimum Gasteiger partial charge on any atom is -0.462 e. The summed E-state index contributed by atoms with van der Waals surface area (Å²) < 4.78 is 11.4.